The van der Waals surface area contributed by atoms with Crippen molar-refractivity contribution in [2.45, 2.75) is 26.7 Å². The van der Waals surface area contributed by atoms with E-state index in [1.165, 1.54) is 0 Å². The van der Waals surface area contributed by atoms with Crippen LogP contribution in [0.5, 0.6) is 0 Å². The smallest absolute Gasteiger partial charge is 0.229 e. The molecule has 0 aliphatic heterocycles. The monoisotopic (exact) mass is 420 g/mol. The third-order valence-corrected chi connectivity index (χ3v) is 5.05. The van der Waals surface area contributed by atoms with E-state index in [0.29, 0.717) is 11.0 Å². The molecule has 0 radical (unpaired) electrons. The molecule has 0 amide bonds. The van der Waals surface area contributed by atoms with Crippen LogP contribution in [-0.2, 0) is 0 Å². The first-order valence-corrected chi connectivity index (χ1v) is 10.7. The summed E-state index contributed by atoms with van der Waals surface area (Å²) in [7, 11) is 0. The topological polar surface area (TPSA) is 58.9 Å². The van der Waals surface area contributed by atoms with Crippen molar-refractivity contribution in [2.75, 3.05) is 23.3 Å². The molecule has 0 saturated carbocycles. The van der Waals surface area contributed by atoms with Crippen LogP contribution in [0.25, 0.3) is 16.7 Å². The van der Waals surface area contributed by atoms with Crippen molar-refractivity contribution in [3.05, 3.63) is 65.8 Å². The first kappa shape index (κ1) is 20.2. The van der Waals surface area contributed by atoms with Crippen molar-refractivity contribution in [1.29, 1.82) is 0 Å². The first-order valence-electron chi connectivity index (χ1n) is 10.3. The number of nitrogens with zero attached hydrogens (tertiary/aromatic N) is 5. The van der Waals surface area contributed by atoms with Gasteiger partial charge in [-0.25, -0.2) is 4.68 Å². The summed E-state index contributed by atoms with van der Waals surface area (Å²) in [4.78, 5) is 12.0. The SMILES string of the molecule is CCCN(CCC)c1nc(Nc2ccc(Cl)cc2)c2cnn(-c3ccccc3)c2n1. The van der Waals surface area contributed by atoms with E-state index >= 15 is 0 Å². The highest BCUT2D eigenvalue weighted by atomic mass is 35.5. The number of anilines is 3. The maximum Gasteiger partial charge on any atom is 0.229 e. The highest BCUT2D eigenvalue weighted by molar-refractivity contribution is 6.30. The predicted molar refractivity (Wildman–Crippen MR) is 124 cm³/mol. The minimum atomic E-state index is 0.697. The van der Waals surface area contributed by atoms with Crippen molar-refractivity contribution in [3.8, 4) is 5.69 Å². The Labute approximate surface area is 181 Å². The summed E-state index contributed by atoms with van der Waals surface area (Å²) in [6.07, 6.45) is 3.87. The van der Waals surface area contributed by atoms with Gasteiger partial charge in [0, 0.05) is 23.8 Å². The maximum atomic E-state index is 6.04. The highest BCUT2D eigenvalue weighted by Crippen LogP contribution is 2.28. The molecule has 30 heavy (non-hydrogen) atoms. The fourth-order valence-corrected chi connectivity index (χ4v) is 3.54. The minimum Gasteiger partial charge on any atom is -0.341 e. The van der Waals surface area contributed by atoms with Gasteiger partial charge in [-0.1, -0.05) is 43.6 Å². The lowest BCUT2D eigenvalue weighted by molar-refractivity contribution is 0.722. The van der Waals surface area contributed by atoms with Gasteiger partial charge in [-0.2, -0.15) is 15.1 Å². The number of aromatic nitrogens is 4. The van der Waals surface area contributed by atoms with Gasteiger partial charge in [0.25, 0.3) is 0 Å². The molecule has 1 N–H and O–H groups in total. The van der Waals surface area contributed by atoms with Gasteiger partial charge in [-0.05, 0) is 49.2 Å². The molecule has 6 nitrogen and oxygen atoms in total. The standard InChI is InChI=1S/C23H25ClN6/c1-3-14-29(15-4-2)23-27-21(26-18-12-10-17(24)11-13-18)20-16-25-30(22(20)28-23)19-8-6-5-7-9-19/h5-13,16H,3-4,14-15H2,1-2H3,(H,26,27,28). The van der Waals surface area contributed by atoms with Gasteiger partial charge in [-0.15, -0.1) is 0 Å². The molecule has 154 valence electrons. The maximum absolute atomic E-state index is 6.04. The Hall–Kier alpha value is -3.12. The molecule has 0 spiro atoms. The Morgan fingerprint density at radius 1 is 0.933 bits per heavy atom. The molecular formula is C23H25ClN6. The zero-order valence-corrected chi connectivity index (χ0v) is 18.0. The third-order valence-electron chi connectivity index (χ3n) is 4.79. The second kappa shape index (κ2) is 9.13. The second-order valence-corrected chi connectivity index (χ2v) is 7.56. The lowest BCUT2D eigenvalue weighted by atomic mass is 10.3. The molecule has 4 rings (SSSR count). The summed E-state index contributed by atoms with van der Waals surface area (Å²) < 4.78 is 1.86. The number of nitrogens with one attached hydrogen (secondary N) is 1. The molecule has 4 aromatic rings. The van der Waals surface area contributed by atoms with Gasteiger partial charge in [-0.3, -0.25) is 0 Å². The van der Waals surface area contributed by atoms with Crippen molar-refractivity contribution >= 4 is 40.1 Å². The van der Waals surface area contributed by atoms with E-state index in [-0.39, 0.29) is 0 Å². The molecule has 2 aromatic carbocycles. The number of halogens is 1. The Morgan fingerprint density at radius 3 is 2.30 bits per heavy atom. The number of benzene rings is 2. The van der Waals surface area contributed by atoms with Crippen molar-refractivity contribution in [2.24, 2.45) is 0 Å². The summed E-state index contributed by atoms with van der Waals surface area (Å²) >= 11 is 6.04. The molecule has 0 bridgehead atoms. The minimum absolute atomic E-state index is 0.697. The molecule has 0 unspecified atom stereocenters. The predicted octanol–water partition coefficient (Wildman–Crippen LogP) is 5.84. The molecule has 0 atom stereocenters. The quantitative estimate of drug-likeness (QED) is 0.388. The molecule has 0 fully saturated rings. The number of hydrogen-bond donors (Lipinski definition) is 1. The highest BCUT2D eigenvalue weighted by Gasteiger charge is 2.17. The van der Waals surface area contributed by atoms with Gasteiger partial charge in [0.1, 0.15) is 5.82 Å². The van der Waals surface area contributed by atoms with Crippen LogP contribution in [0.2, 0.25) is 5.02 Å². The first-order chi connectivity index (χ1) is 14.7. The Balaban J connectivity index is 1.85. The largest absolute Gasteiger partial charge is 0.341 e. The van der Waals surface area contributed by atoms with E-state index in [1.807, 2.05) is 65.5 Å². The average Bonchev–Trinajstić information content (AvgIpc) is 3.20. The zero-order chi connectivity index (χ0) is 20.9. The summed E-state index contributed by atoms with van der Waals surface area (Å²) in [5.74, 6) is 1.44. The van der Waals surface area contributed by atoms with Crippen molar-refractivity contribution in [1.82, 2.24) is 19.7 Å². The zero-order valence-electron chi connectivity index (χ0n) is 17.2. The molecule has 0 aliphatic rings. The van der Waals surface area contributed by atoms with Crippen LogP contribution in [-0.4, -0.2) is 32.8 Å². The van der Waals surface area contributed by atoms with E-state index in [0.717, 1.165) is 54.2 Å². The van der Waals surface area contributed by atoms with Gasteiger partial charge >= 0.3 is 0 Å². The number of fused-ring (bicyclic) bond motifs is 1. The van der Waals surface area contributed by atoms with E-state index in [4.69, 9.17) is 21.6 Å². The second-order valence-electron chi connectivity index (χ2n) is 7.12. The van der Waals surface area contributed by atoms with Crippen LogP contribution in [0, 0.1) is 0 Å². The van der Waals surface area contributed by atoms with Crippen LogP contribution >= 0.6 is 11.6 Å². The van der Waals surface area contributed by atoms with Crippen LogP contribution in [0.15, 0.2) is 60.8 Å². The normalized spacial score (nSPS) is 11.0. The van der Waals surface area contributed by atoms with Crippen molar-refractivity contribution in [3.63, 3.8) is 0 Å². The van der Waals surface area contributed by atoms with Crippen LogP contribution < -0.4 is 10.2 Å². The molecule has 0 aliphatic carbocycles. The molecule has 7 heteroatoms. The molecule has 2 heterocycles. The van der Waals surface area contributed by atoms with Crippen molar-refractivity contribution < 1.29 is 0 Å². The van der Waals surface area contributed by atoms with Crippen LogP contribution in [0.3, 0.4) is 0 Å². The van der Waals surface area contributed by atoms with Crippen LogP contribution in [0.1, 0.15) is 26.7 Å². The fourth-order valence-electron chi connectivity index (χ4n) is 3.41. The van der Waals surface area contributed by atoms with E-state index < -0.39 is 0 Å². The number of hydrogen-bond acceptors (Lipinski definition) is 5. The summed E-state index contributed by atoms with van der Waals surface area (Å²) in [5.41, 5.74) is 2.65. The van der Waals surface area contributed by atoms with Gasteiger partial charge in [0.15, 0.2) is 5.65 Å². The summed E-state index contributed by atoms with van der Waals surface area (Å²) in [6.45, 7) is 6.14. The number of rotatable bonds is 8. The van der Waals surface area contributed by atoms with E-state index in [1.54, 1.807) is 0 Å². The van der Waals surface area contributed by atoms with E-state index in [9.17, 15) is 0 Å². The third kappa shape index (κ3) is 4.24. The Kier molecular flexibility index (Phi) is 6.14. The lowest BCUT2D eigenvalue weighted by Crippen LogP contribution is -2.27. The van der Waals surface area contributed by atoms with E-state index in [2.05, 4.69) is 29.2 Å². The fraction of sp³-hybridized carbons (Fsp3) is 0.261. The number of para-hydroxylation sites is 1. The lowest BCUT2D eigenvalue weighted by Gasteiger charge is -2.22. The molecular weight excluding hydrogens is 396 g/mol. The molecule has 0 saturated heterocycles. The van der Waals surface area contributed by atoms with Gasteiger partial charge in [0.05, 0.1) is 17.3 Å². The summed E-state index contributed by atoms with van der Waals surface area (Å²) in [6, 6.07) is 17.6. The van der Waals surface area contributed by atoms with Crippen LogP contribution in [0.4, 0.5) is 17.5 Å². The molecule has 2 aromatic heterocycles. The van der Waals surface area contributed by atoms with Gasteiger partial charge in [0.2, 0.25) is 5.95 Å². The Morgan fingerprint density at radius 2 is 1.63 bits per heavy atom. The Bertz CT molecular complexity index is 1100. The summed E-state index contributed by atoms with van der Waals surface area (Å²) in [5, 5.41) is 9.60. The van der Waals surface area contributed by atoms with Gasteiger partial charge < -0.3 is 10.2 Å². The average molecular weight is 421 g/mol.